The molecule has 53 heavy (non-hydrogen) atoms. The van der Waals surface area contributed by atoms with Crippen LogP contribution in [0.2, 0.25) is 0 Å². The van der Waals surface area contributed by atoms with Gasteiger partial charge in [0.15, 0.2) is 0 Å². The first-order valence-electron chi connectivity index (χ1n) is 19.2. The van der Waals surface area contributed by atoms with Crippen molar-refractivity contribution in [3.63, 3.8) is 0 Å². The summed E-state index contributed by atoms with van der Waals surface area (Å²) in [6, 6.07) is 65.0. The maximum absolute atomic E-state index is 2.56. The summed E-state index contributed by atoms with van der Waals surface area (Å²) in [6.07, 6.45) is 4.73. The lowest BCUT2D eigenvalue weighted by molar-refractivity contribution is 0.769. The van der Waals surface area contributed by atoms with Crippen molar-refractivity contribution in [2.24, 2.45) is 0 Å². The lowest BCUT2D eigenvalue weighted by Gasteiger charge is -2.34. The van der Waals surface area contributed by atoms with Gasteiger partial charge in [-0.25, -0.2) is 0 Å². The Bertz CT molecular complexity index is 2890. The van der Waals surface area contributed by atoms with E-state index >= 15 is 0 Å². The fourth-order valence-corrected chi connectivity index (χ4v) is 10.4. The normalized spacial score (nSPS) is 14.6. The average molecular weight is 673 g/mol. The molecule has 0 heteroatoms. The van der Waals surface area contributed by atoms with Crippen LogP contribution in [0.25, 0.3) is 65.7 Å². The highest BCUT2D eigenvalue weighted by molar-refractivity contribution is 6.21. The molecular weight excluding hydrogens is 637 g/mol. The Morgan fingerprint density at radius 2 is 0.830 bits per heavy atom. The van der Waals surface area contributed by atoms with Crippen molar-refractivity contribution in [3.8, 4) is 33.4 Å². The fourth-order valence-electron chi connectivity index (χ4n) is 10.4. The molecule has 0 N–H and O–H groups in total. The summed E-state index contributed by atoms with van der Waals surface area (Å²) >= 11 is 0. The van der Waals surface area contributed by atoms with E-state index in [1.165, 1.54) is 136 Å². The van der Waals surface area contributed by atoms with Gasteiger partial charge in [-0.15, -0.1) is 0 Å². The molecule has 0 aromatic heterocycles. The summed E-state index contributed by atoms with van der Waals surface area (Å²) in [4.78, 5) is 0. The van der Waals surface area contributed by atoms with Crippen LogP contribution in [0.3, 0.4) is 0 Å². The largest absolute Gasteiger partial charge is 0.0714 e. The van der Waals surface area contributed by atoms with Crippen LogP contribution >= 0.6 is 0 Å². The smallest absolute Gasteiger partial charge is 0.0622 e. The van der Waals surface area contributed by atoms with Crippen LogP contribution in [-0.2, 0) is 31.1 Å². The maximum atomic E-state index is 2.56. The third-order valence-corrected chi connectivity index (χ3v) is 12.9. The fraction of sp³-hybridized carbons (Fsp3) is 0.0943. The van der Waals surface area contributed by atoms with Crippen LogP contribution in [0.5, 0.6) is 0 Å². The van der Waals surface area contributed by atoms with Crippen LogP contribution < -0.4 is 0 Å². The van der Waals surface area contributed by atoms with Crippen molar-refractivity contribution in [2.45, 2.75) is 31.1 Å². The first-order valence-corrected chi connectivity index (χ1v) is 19.2. The molecule has 0 fully saturated rings. The van der Waals surface area contributed by atoms with E-state index in [1.807, 2.05) is 0 Å². The molecule has 0 saturated heterocycles. The van der Waals surface area contributed by atoms with Crippen molar-refractivity contribution in [3.05, 3.63) is 214 Å². The molecule has 3 aliphatic rings. The average Bonchev–Trinajstić information content (AvgIpc) is 3.49. The van der Waals surface area contributed by atoms with Crippen LogP contribution in [0.4, 0.5) is 0 Å². The molecule has 0 amide bonds. The molecule has 0 nitrogen and oxygen atoms in total. The van der Waals surface area contributed by atoms with E-state index in [1.54, 1.807) is 0 Å². The van der Waals surface area contributed by atoms with Gasteiger partial charge >= 0.3 is 0 Å². The zero-order valence-corrected chi connectivity index (χ0v) is 29.5. The summed E-state index contributed by atoms with van der Waals surface area (Å²) in [5, 5.41) is 8.02. The number of aryl methyl sites for hydroxylation is 4. The molecule has 3 aliphatic carbocycles. The SMILES string of the molecule is c1ccc(C2(c3ccccc3)c3cc(-c4c5ccccc5c(-c5ccc6c(c5)CC6)c5ccccc45)ccc3-c3c2ccc2c4c(ccc32)CC4)cc1. The van der Waals surface area contributed by atoms with E-state index in [0.29, 0.717) is 0 Å². The second-order valence-electron chi connectivity index (χ2n) is 15.4. The van der Waals surface area contributed by atoms with Crippen LogP contribution in [0.1, 0.15) is 44.5 Å². The highest BCUT2D eigenvalue weighted by Crippen LogP contribution is 2.59. The highest BCUT2D eigenvalue weighted by atomic mass is 14.5. The molecule has 0 atom stereocenters. The first kappa shape index (κ1) is 29.3. The second kappa shape index (κ2) is 10.9. The van der Waals surface area contributed by atoms with Gasteiger partial charge in [0.05, 0.1) is 5.41 Å². The summed E-state index contributed by atoms with van der Waals surface area (Å²) in [7, 11) is 0. The molecule has 248 valence electrons. The van der Waals surface area contributed by atoms with Gasteiger partial charge in [0.25, 0.3) is 0 Å². The van der Waals surface area contributed by atoms with E-state index < -0.39 is 5.41 Å². The molecule has 12 rings (SSSR count). The monoisotopic (exact) mass is 672 g/mol. The van der Waals surface area contributed by atoms with E-state index in [9.17, 15) is 0 Å². The summed E-state index contributed by atoms with van der Waals surface area (Å²) in [6.45, 7) is 0. The Morgan fingerprint density at radius 3 is 1.40 bits per heavy atom. The van der Waals surface area contributed by atoms with E-state index in [2.05, 4.69) is 170 Å². The molecule has 0 unspecified atom stereocenters. The number of fused-ring (bicyclic) bond motifs is 10. The van der Waals surface area contributed by atoms with Crippen molar-refractivity contribution in [2.75, 3.05) is 0 Å². The summed E-state index contributed by atoms with van der Waals surface area (Å²) in [5.41, 5.74) is 18.9. The van der Waals surface area contributed by atoms with Crippen molar-refractivity contribution in [1.29, 1.82) is 0 Å². The summed E-state index contributed by atoms with van der Waals surface area (Å²) < 4.78 is 0. The predicted octanol–water partition coefficient (Wildman–Crippen LogP) is 13.0. The number of rotatable bonds is 4. The van der Waals surface area contributed by atoms with Crippen LogP contribution in [0, 0.1) is 0 Å². The zero-order chi connectivity index (χ0) is 34.7. The molecule has 0 spiro atoms. The Labute approximate surface area is 310 Å². The Balaban J connectivity index is 1.20. The molecular formula is C53H36. The number of hydrogen-bond donors (Lipinski definition) is 0. The number of benzene rings is 9. The standard InChI is InChI=1S/C53H36/c1-3-11-38(12-4-1)53(39-13-5-2-6-14-39)48-30-29-41-40-26-23-34(40)24-27-46(41)52(48)47-28-25-37(32-49(47)53)51-44-17-9-7-15-42(44)50(43-16-8-10-18-45(43)51)36-22-20-33-19-21-35(33)31-36/h1-18,20,22,24-25,27-32H,19,21,23,26H2. The van der Waals surface area contributed by atoms with Gasteiger partial charge in [-0.3, -0.25) is 0 Å². The minimum Gasteiger partial charge on any atom is -0.0622 e. The van der Waals surface area contributed by atoms with Crippen molar-refractivity contribution >= 4 is 32.3 Å². The van der Waals surface area contributed by atoms with Gasteiger partial charge in [0, 0.05) is 0 Å². The summed E-state index contributed by atoms with van der Waals surface area (Å²) in [5.74, 6) is 0. The molecule has 0 radical (unpaired) electrons. The zero-order valence-electron chi connectivity index (χ0n) is 29.5. The molecule has 9 aromatic carbocycles. The van der Waals surface area contributed by atoms with Crippen LogP contribution in [0.15, 0.2) is 170 Å². The van der Waals surface area contributed by atoms with Gasteiger partial charge < -0.3 is 0 Å². The second-order valence-corrected chi connectivity index (χ2v) is 15.4. The minimum absolute atomic E-state index is 0.474. The van der Waals surface area contributed by atoms with Gasteiger partial charge in [-0.05, 0) is 142 Å². The Hall–Kier alpha value is -6.24. The topological polar surface area (TPSA) is 0 Å². The molecule has 0 bridgehead atoms. The molecule has 0 aliphatic heterocycles. The Kier molecular flexibility index (Phi) is 6.03. The van der Waals surface area contributed by atoms with Crippen molar-refractivity contribution in [1.82, 2.24) is 0 Å². The van der Waals surface area contributed by atoms with Crippen molar-refractivity contribution < 1.29 is 0 Å². The minimum atomic E-state index is -0.474. The lowest BCUT2D eigenvalue weighted by Crippen LogP contribution is -2.28. The first-order chi connectivity index (χ1) is 26.3. The van der Waals surface area contributed by atoms with E-state index in [4.69, 9.17) is 0 Å². The maximum Gasteiger partial charge on any atom is 0.0714 e. The van der Waals surface area contributed by atoms with E-state index in [0.717, 1.165) is 0 Å². The predicted molar refractivity (Wildman–Crippen MR) is 222 cm³/mol. The lowest BCUT2D eigenvalue weighted by atomic mass is 9.67. The molecule has 0 saturated carbocycles. The van der Waals surface area contributed by atoms with Gasteiger partial charge in [-0.2, -0.15) is 0 Å². The van der Waals surface area contributed by atoms with Gasteiger partial charge in [0.1, 0.15) is 0 Å². The van der Waals surface area contributed by atoms with E-state index in [-0.39, 0.29) is 0 Å². The quantitative estimate of drug-likeness (QED) is 0.163. The molecule has 0 heterocycles. The number of hydrogen-bond acceptors (Lipinski definition) is 0. The van der Waals surface area contributed by atoms with Gasteiger partial charge in [0.2, 0.25) is 0 Å². The third kappa shape index (κ3) is 3.91. The van der Waals surface area contributed by atoms with Gasteiger partial charge in [-0.1, -0.05) is 164 Å². The highest BCUT2D eigenvalue weighted by Gasteiger charge is 2.47. The van der Waals surface area contributed by atoms with Crippen LogP contribution in [-0.4, -0.2) is 0 Å². The molecule has 9 aromatic rings. The third-order valence-electron chi connectivity index (χ3n) is 12.9. The Morgan fingerprint density at radius 1 is 0.321 bits per heavy atom.